The first-order valence-corrected chi connectivity index (χ1v) is 6.55. The molecule has 3 rings (SSSR count). The highest BCUT2D eigenvalue weighted by atomic mass is 16.6. The summed E-state index contributed by atoms with van der Waals surface area (Å²) < 4.78 is 0. The summed E-state index contributed by atoms with van der Waals surface area (Å²) in [5.74, 6) is 0.490. The van der Waals surface area contributed by atoms with Crippen LogP contribution in [0.4, 0.5) is 0 Å². The molecule has 1 saturated carbocycles. The van der Waals surface area contributed by atoms with Crippen molar-refractivity contribution in [2.45, 2.75) is 25.7 Å². The smallest absolute Gasteiger partial charge is 0.273 e. The largest absolute Gasteiger partial charge is 0.275 e. The molecule has 94 valence electrons. The zero-order chi connectivity index (χ0) is 12.4. The second kappa shape index (κ2) is 4.94. The van der Waals surface area contributed by atoms with Crippen molar-refractivity contribution in [1.82, 2.24) is 5.48 Å². The molecule has 0 spiro atoms. The van der Waals surface area contributed by atoms with Gasteiger partial charge in [-0.1, -0.05) is 30.7 Å². The Morgan fingerprint density at radius 2 is 2.28 bits per heavy atom. The summed E-state index contributed by atoms with van der Waals surface area (Å²) in [4.78, 5) is 17.3. The molecule has 1 N–H and O–H groups in total. The van der Waals surface area contributed by atoms with Gasteiger partial charge in [-0.2, -0.15) is 0 Å². The second-order valence-electron chi connectivity index (χ2n) is 5.02. The maximum absolute atomic E-state index is 12.0. The number of nitrogens with one attached hydrogen (secondary N) is 1. The summed E-state index contributed by atoms with van der Waals surface area (Å²) in [5.41, 5.74) is 5.50. The van der Waals surface area contributed by atoms with Crippen LogP contribution in [0.25, 0.3) is 6.08 Å². The molecule has 0 saturated heterocycles. The fourth-order valence-electron chi connectivity index (χ4n) is 2.43. The molecular formula is C15H17NO2. The molecule has 3 nitrogen and oxygen atoms in total. The van der Waals surface area contributed by atoms with Gasteiger partial charge in [-0.15, -0.1) is 0 Å². The standard InChI is InChI=1S/C15H17NO2/c17-15(16-18-10-11-4-1-5-11)14-9-3-7-12-6-2-8-13(12)14/h2-3,7-9,11H,1,4-6,10H2,(H,16,17). The van der Waals surface area contributed by atoms with Crippen LogP contribution in [0.15, 0.2) is 24.3 Å². The van der Waals surface area contributed by atoms with Crippen molar-refractivity contribution in [2.24, 2.45) is 5.92 Å². The van der Waals surface area contributed by atoms with Crippen LogP contribution in [-0.2, 0) is 11.3 Å². The van der Waals surface area contributed by atoms with Crippen LogP contribution >= 0.6 is 0 Å². The van der Waals surface area contributed by atoms with Gasteiger partial charge in [0.2, 0.25) is 0 Å². The van der Waals surface area contributed by atoms with Gasteiger partial charge < -0.3 is 0 Å². The SMILES string of the molecule is O=C(NOCC1CCC1)c1cccc2c1C=CC2. The fraction of sp³-hybridized carbons (Fsp3) is 0.400. The van der Waals surface area contributed by atoms with Crippen LogP contribution in [0.1, 0.15) is 40.7 Å². The highest BCUT2D eigenvalue weighted by Crippen LogP contribution is 2.26. The van der Waals surface area contributed by atoms with E-state index in [2.05, 4.69) is 17.6 Å². The van der Waals surface area contributed by atoms with E-state index in [0.29, 0.717) is 18.1 Å². The minimum absolute atomic E-state index is 0.141. The first-order chi connectivity index (χ1) is 8.84. The summed E-state index contributed by atoms with van der Waals surface area (Å²) in [6.07, 6.45) is 8.74. The molecular weight excluding hydrogens is 226 g/mol. The predicted octanol–water partition coefficient (Wildman–Crippen LogP) is 2.72. The van der Waals surface area contributed by atoms with Gasteiger partial charge in [-0.3, -0.25) is 9.63 Å². The van der Waals surface area contributed by atoms with Crippen LogP contribution in [0.3, 0.4) is 0 Å². The number of hydroxylamine groups is 1. The van der Waals surface area contributed by atoms with E-state index in [-0.39, 0.29) is 5.91 Å². The van der Waals surface area contributed by atoms with Gasteiger partial charge in [0, 0.05) is 5.56 Å². The quantitative estimate of drug-likeness (QED) is 0.826. The number of benzene rings is 1. The van der Waals surface area contributed by atoms with Gasteiger partial charge in [0.1, 0.15) is 0 Å². The maximum Gasteiger partial charge on any atom is 0.275 e. The average molecular weight is 243 g/mol. The zero-order valence-corrected chi connectivity index (χ0v) is 10.3. The summed E-state index contributed by atoms with van der Waals surface area (Å²) in [7, 11) is 0. The van der Waals surface area contributed by atoms with Gasteiger partial charge in [-0.05, 0) is 42.4 Å². The molecule has 2 aliphatic rings. The molecule has 18 heavy (non-hydrogen) atoms. The van der Waals surface area contributed by atoms with Gasteiger partial charge in [0.25, 0.3) is 5.91 Å². The molecule has 0 atom stereocenters. The molecule has 1 aromatic carbocycles. The minimum atomic E-state index is -0.141. The Morgan fingerprint density at radius 1 is 1.39 bits per heavy atom. The first-order valence-electron chi connectivity index (χ1n) is 6.55. The van der Waals surface area contributed by atoms with E-state index in [1.54, 1.807) is 0 Å². The van der Waals surface area contributed by atoms with Crippen molar-refractivity contribution in [3.8, 4) is 0 Å². The molecule has 1 amide bonds. The zero-order valence-electron chi connectivity index (χ0n) is 10.3. The number of carbonyl (C=O) groups is 1. The van der Waals surface area contributed by atoms with Crippen LogP contribution < -0.4 is 5.48 Å². The number of amides is 1. The monoisotopic (exact) mass is 243 g/mol. The number of rotatable bonds is 4. The molecule has 0 radical (unpaired) electrons. The normalized spacial score (nSPS) is 17.3. The molecule has 0 aliphatic heterocycles. The molecule has 1 aromatic rings. The van der Waals surface area contributed by atoms with E-state index in [1.165, 1.54) is 24.8 Å². The Balaban J connectivity index is 1.61. The van der Waals surface area contributed by atoms with Gasteiger partial charge >= 0.3 is 0 Å². The predicted molar refractivity (Wildman–Crippen MR) is 69.9 cm³/mol. The lowest BCUT2D eigenvalue weighted by atomic mass is 9.86. The molecule has 2 aliphatic carbocycles. The van der Waals surface area contributed by atoms with Crippen molar-refractivity contribution in [2.75, 3.05) is 6.61 Å². The second-order valence-corrected chi connectivity index (χ2v) is 5.02. The van der Waals surface area contributed by atoms with Crippen molar-refractivity contribution < 1.29 is 9.63 Å². The van der Waals surface area contributed by atoms with Crippen molar-refractivity contribution in [3.63, 3.8) is 0 Å². The van der Waals surface area contributed by atoms with Crippen LogP contribution in [0.2, 0.25) is 0 Å². The molecule has 0 bridgehead atoms. The Labute approximate surface area is 107 Å². The van der Waals surface area contributed by atoms with E-state index in [9.17, 15) is 4.79 Å². The number of carbonyl (C=O) groups excluding carboxylic acids is 1. The Kier molecular flexibility index (Phi) is 3.15. The van der Waals surface area contributed by atoms with Gasteiger partial charge in [0.05, 0.1) is 6.61 Å². The summed E-state index contributed by atoms with van der Waals surface area (Å²) in [6.45, 7) is 0.636. The minimum Gasteiger partial charge on any atom is -0.273 e. The third-order valence-electron chi connectivity index (χ3n) is 3.77. The van der Waals surface area contributed by atoms with Crippen LogP contribution in [0, 0.1) is 5.92 Å². The van der Waals surface area contributed by atoms with Crippen molar-refractivity contribution >= 4 is 12.0 Å². The lowest BCUT2D eigenvalue weighted by molar-refractivity contribution is 0.00317. The summed E-state index contributed by atoms with van der Waals surface area (Å²) >= 11 is 0. The van der Waals surface area contributed by atoms with E-state index in [4.69, 9.17) is 4.84 Å². The van der Waals surface area contributed by atoms with Gasteiger partial charge in [-0.25, -0.2) is 5.48 Å². The molecule has 0 aromatic heterocycles. The Morgan fingerprint density at radius 3 is 3.06 bits per heavy atom. The Hall–Kier alpha value is -1.61. The van der Waals surface area contributed by atoms with Crippen molar-refractivity contribution in [3.05, 3.63) is 41.0 Å². The maximum atomic E-state index is 12.0. The third-order valence-corrected chi connectivity index (χ3v) is 3.77. The highest BCUT2D eigenvalue weighted by molar-refractivity contribution is 5.98. The van der Waals surface area contributed by atoms with Crippen LogP contribution in [0.5, 0.6) is 0 Å². The molecule has 0 unspecified atom stereocenters. The Bertz CT molecular complexity index is 489. The lowest BCUT2D eigenvalue weighted by Crippen LogP contribution is -2.29. The van der Waals surface area contributed by atoms with Crippen LogP contribution in [-0.4, -0.2) is 12.5 Å². The first kappa shape index (κ1) is 11.5. The van der Waals surface area contributed by atoms with E-state index in [1.807, 2.05) is 18.2 Å². The number of allylic oxidation sites excluding steroid dienone is 1. The molecule has 1 fully saturated rings. The summed E-state index contributed by atoms with van der Waals surface area (Å²) in [6, 6.07) is 5.82. The highest BCUT2D eigenvalue weighted by Gasteiger charge is 2.19. The topological polar surface area (TPSA) is 38.3 Å². The van der Waals surface area contributed by atoms with E-state index >= 15 is 0 Å². The average Bonchev–Trinajstić information content (AvgIpc) is 2.79. The number of hydrogen-bond donors (Lipinski definition) is 1. The van der Waals surface area contributed by atoms with Gasteiger partial charge in [0.15, 0.2) is 0 Å². The molecule has 0 heterocycles. The summed E-state index contributed by atoms with van der Waals surface area (Å²) in [5, 5.41) is 0. The van der Waals surface area contributed by atoms with E-state index in [0.717, 1.165) is 12.0 Å². The molecule has 3 heteroatoms. The fourth-order valence-corrected chi connectivity index (χ4v) is 2.43. The lowest BCUT2D eigenvalue weighted by Gasteiger charge is -2.24. The number of fused-ring (bicyclic) bond motifs is 1. The number of hydrogen-bond acceptors (Lipinski definition) is 2. The third kappa shape index (κ3) is 2.18. The van der Waals surface area contributed by atoms with E-state index < -0.39 is 0 Å². The van der Waals surface area contributed by atoms with Crippen molar-refractivity contribution in [1.29, 1.82) is 0 Å².